The quantitative estimate of drug-likeness (QED) is 0.373. The summed E-state index contributed by atoms with van der Waals surface area (Å²) in [5.41, 5.74) is 8.45. The molecule has 0 saturated heterocycles. The molecule has 0 fully saturated rings. The molecule has 0 atom stereocenters. The molecule has 1 heterocycles. The molecule has 0 amide bonds. The van der Waals surface area contributed by atoms with Crippen LogP contribution in [0.25, 0.3) is 11.0 Å². The molecular formula is C18H14Cl2N2O2S. The predicted octanol–water partition coefficient (Wildman–Crippen LogP) is 5.29. The van der Waals surface area contributed by atoms with E-state index < -0.39 is 5.63 Å². The Morgan fingerprint density at radius 3 is 2.64 bits per heavy atom. The Balaban J connectivity index is 1.86. The lowest BCUT2D eigenvalue weighted by Gasteiger charge is -2.07. The first-order valence-electron chi connectivity index (χ1n) is 7.38. The van der Waals surface area contributed by atoms with Crippen molar-refractivity contribution in [2.45, 2.75) is 12.7 Å². The van der Waals surface area contributed by atoms with Crippen molar-refractivity contribution >= 4 is 56.8 Å². The first-order chi connectivity index (χ1) is 11.9. The third-order valence-electron chi connectivity index (χ3n) is 3.55. The van der Waals surface area contributed by atoms with Crippen LogP contribution >= 0.6 is 35.0 Å². The van der Waals surface area contributed by atoms with Gasteiger partial charge in [-0.15, -0.1) is 0 Å². The van der Waals surface area contributed by atoms with E-state index in [1.165, 1.54) is 17.8 Å². The van der Waals surface area contributed by atoms with E-state index in [2.05, 4.69) is 4.99 Å². The summed E-state index contributed by atoms with van der Waals surface area (Å²) in [6.07, 6.45) is 0. The Morgan fingerprint density at radius 1 is 1.20 bits per heavy atom. The first kappa shape index (κ1) is 17.9. The number of nitrogens with two attached hydrogens (primary N) is 1. The second-order valence-corrected chi connectivity index (χ2v) is 7.24. The van der Waals surface area contributed by atoms with E-state index in [1.807, 2.05) is 6.92 Å². The van der Waals surface area contributed by atoms with Gasteiger partial charge in [-0.25, -0.2) is 9.79 Å². The molecule has 25 heavy (non-hydrogen) atoms. The summed E-state index contributed by atoms with van der Waals surface area (Å²) >= 11 is 13.4. The molecule has 0 spiro atoms. The van der Waals surface area contributed by atoms with Crippen molar-refractivity contribution in [1.29, 1.82) is 0 Å². The number of rotatable bonds is 3. The van der Waals surface area contributed by atoms with Gasteiger partial charge in [0, 0.05) is 27.3 Å². The maximum absolute atomic E-state index is 11.8. The molecule has 0 aliphatic rings. The minimum absolute atomic E-state index is 0.391. The van der Waals surface area contributed by atoms with Crippen molar-refractivity contribution < 1.29 is 4.42 Å². The zero-order valence-corrected chi connectivity index (χ0v) is 15.6. The highest BCUT2D eigenvalue weighted by molar-refractivity contribution is 8.13. The van der Waals surface area contributed by atoms with E-state index in [0.29, 0.717) is 32.2 Å². The molecule has 0 unspecified atom stereocenters. The summed E-state index contributed by atoms with van der Waals surface area (Å²) in [4.78, 5) is 16.1. The van der Waals surface area contributed by atoms with Gasteiger partial charge in [0.05, 0.1) is 5.69 Å². The highest BCUT2D eigenvalue weighted by Crippen LogP contribution is 2.27. The molecule has 0 aliphatic heterocycles. The molecule has 0 radical (unpaired) electrons. The van der Waals surface area contributed by atoms with Crippen LogP contribution in [0.2, 0.25) is 10.0 Å². The lowest BCUT2D eigenvalue weighted by atomic mass is 10.1. The average molecular weight is 393 g/mol. The molecule has 3 rings (SSSR count). The van der Waals surface area contributed by atoms with Gasteiger partial charge in [0.15, 0.2) is 5.17 Å². The zero-order valence-electron chi connectivity index (χ0n) is 13.3. The fourth-order valence-corrected chi connectivity index (χ4v) is 3.30. The summed E-state index contributed by atoms with van der Waals surface area (Å²) in [6, 6.07) is 12.1. The highest BCUT2D eigenvalue weighted by Gasteiger charge is 2.09. The summed E-state index contributed by atoms with van der Waals surface area (Å²) in [7, 11) is 0. The van der Waals surface area contributed by atoms with Gasteiger partial charge >= 0.3 is 5.63 Å². The van der Waals surface area contributed by atoms with Crippen LogP contribution in [0.1, 0.15) is 11.1 Å². The van der Waals surface area contributed by atoms with Crippen LogP contribution in [0.3, 0.4) is 0 Å². The molecule has 0 saturated carbocycles. The van der Waals surface area contributed by atoms with Gasteiger partial charge in [-0.1, -0.05) is 35.0 Å². The van der Waals surface area contributed by atoms with Gasteiger partial charge < -0.3 is 10.2 Å². The van der Waals surface area contributed by atoms with Gasteiger partial charge in [0.1, 0.15) is 5.58 Å². The van der Waals surface area contributed by atoms with Crippen molar-refractivity contribution in [3.05, 3.63) is 74.1 Å². The number of nitrogens with zero attached hydrogens (tertiary/aromatic N) is 1. The molecule has 4 nitrogen and oxygen atoms in total. The summed E-state index contributed by atoms with van der Waals surface area (Å²) < 4.78 is 5.25. The van der Waals surface area contributed by atoms with E-state index >= 15 is 0 Å². The minimum atomic E-state index is -0.405. The molecule has 0 bridgehead atoms. The van der Waals surface area contributed by atoms with Gasteiger partial charge in [-0.2, -0.15) is 0 Å². The molecule has 0 aliphatic carbocycles. The second-order valence-electron chi connectivity index (χ2n) is 5.40. The van der Waals surface area contributed by atoms with Crippen LogP contribution in [0.5, 0.6) is 0 Å². The molecule has 2 N–H and O–H groups in total. The topological polar surface area (TPSA) is 68.6 Å². The van der Waals surface area contributed by atoms with Gasteiger partial charge in [-0.3, -0.25) is 0 Å². The lowest BCUT2D eigenvalue weighted by Crippen LogP contribution is -2.07. The predicted molar refractivity (Wildman–Crippen MR) is 106 cm³/mol. The largest absolute Gasteiger partial charge is 0.423 e. The Labute approximate surface area is 158 Å². The molecule has 3 aromatic rings. The fraction of sp³-hybridized carbons (Fsp3) is 0.111. The van der Waals surface area contributed by atoms with Crippen LogP contribution in [-0.4, -0.2) is 5.17 Å². The Morgan fingerprint density at radius 2 is 1.92 bits per heavy atom. The van der Waals surface area contributed by atoms with E-state index in [0.717, 1.165) is 16.5 Å². The van der Waals surface area contributed by atoms with E-state index in [9.17, 15) is 4.79 Å². The maximum atomic E-state index is 11.8. The number of hydrogen-bond donors (Lipinski definition) is 1. The Hall–Kier alpha value is -1.95. The van der Waals surface area contributed by atoms with Crippen LogP contribution in [-0.2, 0) is 5.75 Å². The lowest BCUT2D eigenvalue weighted by molar-refractivity contribution is 0.559. The van der Waals surface area contributed by atoms with Crippen molar-refractivity contribution in [2.75, 3.05) is 0 Å². The fourth-order valence-electron chi connectivity index (χ4n) is 2.29. The van der Waals surface area contributed by atoms with E-state index in [-0.39, 0.29) is 0 Å². The zero-order chi connectivity index (χ0) is 18.0. The van der Waals surface area contributed by atoms with Crippen LogP contribution in [0, 0.1) is 6.92 Å². The van der Waals surface area contributed by atoms with Crippen LogP contribution in [0.15, 0.2) is 56.7 Å². The summed E-state index contributed by atoms with van der Waals surface area (Å²) in [5, 5.41) is 2.44. The Bertz CT molecular complexity index is 1010. The van der Waals surface area contributed by atoms with Crippen LogP contribution in [0.4, 0.5) is 5.69 Å². The standard InChI is InChI=1S/C18H14Cl2N2O2S/c1-10-6-16-14(8-15(10)20)11(7-17(23)24-16)9-25-18(21)22-13-4-2-12(19)3-5-13/h2-8H,9H2,1H3,(H2,21,22). The number of benzene rings is 2. The molecule has 128 valence electrons. The minimum Gasteiger partial charge on any atom is -0.423 e. The monoisotopic (exact) mass is 392 g/mol. The molecule has 2 aromatic carbocycles. The van der Waals surface area contributed by atoms with E-state index in [4.69, 9.17) is 33.4 Å². The van der Waals surface area contributed by atoms with Gasteiger partial charge in [-0.05, 0) is 54.4 Å². The molecular weight excluding hydrogens is 379 g/mol. The number of aryl methyl sites for hydroxylation is 1. The molecule has 7 heteroatoms. The van der Waals surface area contributed by atoms with Crippen molar-refractivity contribution in [3.8, 4) is 0 Å². The number of thioether (sulfide) groups is 1. The van der Waals surface area contributed by atoms with Gasteiger partial charge in [0.25, 0.3) is 0 Å². The summed E-state index contributed by atoms with van der Waals surface area (Å²) in [6.45, 7) is 1.86. The SMILES string of the molecule is Cc1cc2oc(=O)cc(CSC(N)=Nc3ccc(Cl)cc3)c2cc1Cl. The number of amidine groups is 1. The highest BCUT2D eigenvalue weighted by atomic mass is 35.5. The second kappa shape index (κ2) is 7.52. The molecule has 1 aromatic heterocycles. The maximum Gasteiger partial charge on any atom is 0.336 e. The third-order valence-corrected chi connectivity index (χ3v) is 5.05. The van der Waals surface area contributed by atoms with Crippen molar-refractivity contribution in [2.24, 2.45) is 10.7 Å². The van der Waals surface area contributed by atoms with Crippen LogP contribution < -0.4 is 11.4 Å². The van der Waals surface area contributed by atoms with Crippen molar-refractivity contribution in [3.63, 3.8) is 0 Å². The first-order valence-corrected chi connectivity index (χ1v) is 9.12. The van der Waals surface area contributed by atoms with E-state index in [1.54, 1.807) is 36.4 Å². The third kappa shape index (κ3) is 4.37. The number of halogens is 2. The normalized spacial score (nSPS) is 11.9. The number of hydrogen-bond acceptors (Lipinski definition) is 4. The van der Waals surface area contributed by atoms with Gasteiger partial charge in [0.2, 0.25) is 0 Å². The smallest absolute Gasteiger partial charge is 0.336 e. The van der Waals surface area contributed by atoms with Crippen molar-refractivity contribution in [1.82, 2.24) is 0 Å². The number of fused-ring (bicyclic) bond motifs is 1. The average Bonchev–Trinajstić information content (AvgIpc) is 2.56. The number of aliphatic imine (C=N–C) groups is 1. The summed E-state index contributed by atoms with van der Waals surface area (Å²) in [5.74, 6) is 0.477. The Kier molecular flexibility index (Phi) is 5.37.